The fourth-order valence-corrected chi connectivity index (χ4v) is 4.05. The Kier molecular flexibility index (Phi) is 7.28. The van der Waals surface area contributed by atoms with Crippen molar-refractivity contribution in [2.75, 3.05) is 32.6 Å². The van der Waals surface area contributed by atoms with Gasteiger partial charge in [0, 0.05) is 24.4 Å². The first-order valence-electron chi connectivity index (χ1n) is 9.74. The SMILES string of the molecule is COc1cc(CCC(=O)Nc2nc(CN3CCC(C)CC3)cs2)cc(OC)c1. The number of piperidine rings is 1. The molecule has 0 aliphatic carbocycles. The Balaban J connectivity index is 1.48. The molecule has 28 heavy (non-hydrogen) atoms. The number of thiazole rings is 1. The molecule has 1 aliphatic heterocycles. The van der Waals surface area contributed by atoms with Crippen molar-refractivity contribution in [3.05, 3.63) is 34.8 Å². The van der Waals surface area contributed by atoms with Gasteiger partial charge in [-0.25, -0.2) is 4.98 Å². The summed E-state index contributed by atoms with van der Waals surface area (Å²) in [5, 5.41) is 5.64. The van der Waals surface area contributed by atoms with Crippen LogP contribution in [0.2, 0.25) is 0 Å². The van der Waals surface area contributed by atoms with Crippen LogP contribution >= 0.6 is 11.3 Å². The number of aryl methyl sites for hydroxylation is 1. The van der Waals surface area contributed by atoms with E-state index < -0.39 is 0 Å². The molecule has 0 radical (unpaired) electrons. The van der Waals surface area contributed by atoms with Crippen molar-refractivity contribution in [1.82, 2.24) is 9.88 Å². The summed E-state index contributed by atoms with van der Waals surface area (Å²) in [5.74, 6) is 2.25. The minimum absolute atomic E-state index is 0.0329. The molecule has 1 aromatic heterocycles. The molecule has 3 rings (SSSR count). The van der Waals surface area contributed by atoms with Crippen LogP contribution in [0.4, 0.5) is 5.13 Å². The van der Waals surface area contributed by atoms with Gasteiger partial charge < -0.3 is 14.8 Å². The molecule has 152 valence electrons. The summed E-state index contributed by atoms with van der Waals surface area (Å²) < 4.78 is 10.6. The maximum Gasteiger partial charge on any atom is 0.226 e. The van der Waals surface area contributed by atoms with Gasteiger partial charge >= 0.3 is 0 Å². The molecule has 1 N–H and O–H groups in total. The molecular formula is C21H29N3O3S. The monoisotopic (exact) mass is 403 g/mol. The number of benzene rings is 1. The third-order valence-electron chi connectivity index (χ3n) is 5.11. The van der Waals surface area contributed by atoms with E-state index in [2.05, 4.69) is 22.1 Å². The standard InChI is InChI=1S/C21H29N3O3S/c1-15-6-8-24(9-7-15)13-17-14-28-21(22-17)23-20(25)5-4-16-10-18(26-2)12-19(11-16)27-3/h10-12,14-15H,4-9,13H2,1-3H3,(H,22,23,25). The van der Waals surface area contributed by atoms with Crippen LogP contribution in [0.15, 0.2) is 23.6 Å². The molecule has 1 fully saturated rings. The topological polar surface area (TPSA) is 63.7 Å². The third-order valence-corrected chi connectivity index (χ3v) is 5.92. The minimum atomic E-state index is -0.0329. The molecule has 1 saturated heterocycles. The van der Waals surface area contributed by atoms with Gasteiger partial charge in [-0.15, -0.1) is 11.3 Å². The third kappa shape index (κ3) is 5.94. The lowest BCUT2D eigenvalue weighted by atomic mass is 9.99. The number of nitrogens with zero attached hydrogens (tertiary/aromatic N) is 2. The van der Waals surface area contributed by atoms with Gasteiger partial charge in [-0.3, -0.25) is 9.69 Å². The highest BCUT2D eigenvalue weighted by atomic mass is 32.1. The molecule has 0 unspecified atom stereocenters. The van der Waals surface area contributed by atoms with Gasteiger partial charge in [-0.05, 0) is 56.0 Å². The molecule has 2 heterocycles. The number of nitrogens with one attached hydrogen (secondary N) is 1. The lowest BCUT2D eigenvalue weighted by Crippen LogP contribution is -2.32. The van der Waals surface area contributed by atoms with Gasteiger partial charge in [0.2, 0.25) is 5.91 Å². The average Bonchev–Trinajstić information content (AvgIpc) is 3.14. The largest absolute Gasteiger partial charge is 0.497 e. The number of ether oxygens (including phenoxy) is 2. The molecule has 1 amide bonds. The van der Waals surface area contributed by atoms with E-state index in [-0.39, 0.29) is 5.91 Å². The lowest BCUT2D eigenvalue weighted by molar-refractivity contribution is -0.116. The fourth-order valence-electron chi connectivity index (χ4n) is 3.34. The Morgan fingerprint density at radius 1 is 1.21 bits per heavy atom. The zero-order chi connectivity index (χ0) is 19.9. The number of rotatable bonds is 8. The van der Waals surface area contributed by atoms with E-state index in [9.17, 15) is 4.79 Å². The quantitative estimate of drug-likeness (QED) is 0.723. The Labute approximate surface area is 170 Å². The molecule has 6 nitrogen and oxygen atoms in total. The van der Waals surface area contributed by atoms with Gasteiger partial charge in [-0.1, -0.05) is 6.92 Å². The molecule has 0 atom stereocenters. The summed E-state index contributed by atoms with van der Waals surface area (Å²) in [6.45, 7) is 5.44. The number of aromatic nitrogens is 1. The van der Waals surface area contributed by atoms with Crippen LogP contribution in [0, 0.1) is 5.92 Å². The normalized spacial score (nSPS) is 15.4. The Bertz CT molecular complexity index is 763. The van der Waals surface area contributed by atoms with Crippen molar-refractivity contribution >= 4 is 22.4 Å². The molecule has 1 aliphatic rings. The van der Waals surface area contributed by atoms with Gasteiger partial charge in [0.1, 0.15) is 11.5 Å². The summed E-state index contributed by atoms with van der Waals surface area (Å²) >= 11 is 1.49. The summed E-state index contributed by atoms with van der Waals surface area (Å²) in [4.78, 5) is 19.3. The summed E-state index contributed by atoms with van der Waals surface area (Å²) in [6, 6.07) is 5.68. The summed E-state index contributed by atoms with van der Waals surface area (Å²) in [5.41, 5.74) is 2.04. The van der Waals surface area contributed by atoms with Crippen molar-refractivity contribution in [2.45, 2.75) is 39.2 Å². The van der Waals surface area contributed by atoms with Crippen molar-refractivity contribution in [3.8, 4) is 11.5 Å². The molecule has 0 bridgehead atoms. The number of carbonyl (C=O) groups excluding carboxylic acids is 1. The second-order valence-corrected chi connectivity index (χ2v) is 8.23. The summed E-state index contributed by atoms with van der Waals surface area (Å²) in [6.07, 6.45) is 3.50. The second kappa shape index (κ2) is 9.89. The Hall–Kier alpha value is -2.12. The Morgan fingerprint density at radius 2 is 1.89 bits per heavy atom. The van der Waals surface area contributed by atoms with Crippen LogP contribution in [0.3, 0.4) is 0 Å². The van der Waals surface area contributed by atoms with Crippen LogP contribution < -0.4 is 14.8 Å². The molecule has 1 aromatic carbocycles. The van der Waals surface area contributed by atoms with E-state index in [1.54, 1.807) is 14.2 Å². The first-order chi connectivity index (χ1) is 13.6. The predicted octanol–water partition coefficient (Wildman–Crippen LogP) is 3.96. The zero-order valence-corrected chi connectivity index (χ0v) is 17.7. The number of anilines is 1. The number of hydrogen-bond acceptors (Lipinski definition) is 6. The van der Waals surface area contributed by atoms with E-state index in [1.165, 1.54) is 24.2 Å². The van der Waals surface area contributed by atoms with E-state index in [1.807, 2.05) is 23.6 Å². The lowest BCUT2D eigenvalue weighted by Gasteiger charge is -2.29. The Morgan fingerprint density at radius 3 is 2.54 bits per heavy atom. The smallest absolute Gasteiger partial charge is 0.226 e. The first-order valence-corrected chi connectivity index (χ1v) is 10.6. The van der Waals surface area contributed by atoms with E-state index in [4.69, 9.17) is 9.47 Å². The van der Waals surface area contributed by atoms with Crippen LogP contribution in [-0.4, -0.2) is 43.1 Å². The number of amides is 1. The van der Waals surface area contributed by atoms with Gasteiger partial charge in [0.05, 0.1) is 19.9 Å². The first kappa shape index (κ1) is 20.6. The molecule has 7 heteroatoms. The number of hydrogen-bond donors (Lipinski definition) is 1. The predicted molar refractivity (Wildman–Crippen MR) is 112 cm³/mol. The van der Waals surface area contributed by atoms with Crippen molar-refractivity contribution < 1.29 is 14.3 Å². The van der Waals surface area contributed by atoms with E-state index in [0.29, 0.717) is 18.0 Å². The zero-order valence-electron chi connectivity index (χ0n) is 16.9. The molecular weight excluding hydrogens is 374 g/mol. The highest BCUT2D eigenvalue weighted by molar-refractivity contribution is 7.13. The van der Waals surface area contributed by atoms with E-state index in [0.717, 1.165) is 48.3 Å². The fraction of sp³-hybridized carbons (Fsp3) is 0.524. The van der Waals surface area contributed by atoms with Gasteiger partial charge in [-0.2, -0.15) is 0 Å². The molecule has 2 aromatic rings. The van der Waals surface area contributed by atoms with E-state index >= 15 is 0 Å². The highest BCUT2D eigenvalue weighted by Crippen LogP contribution is 2.24. The van der Waals surface area contributed by atoms with Gasteiger partial charge in [0.15, 0.2) is 5.13 Å². The van der Waals surface area contributed by atoms with Gasteiger partial charge in [0.25, 0.3) is 0 Å². The minimum Gasteiger partial charge on any atom is -0.497 e. The second-order valence-electron chi connectivity index (χ2n) is 7.37. The molecule has 0 saturated carbocycles. The summed E-state index contributed by atoms with van der Waals surface area (Å²) in [7, 11) is 3.24. The number of likely N-dealkylation sites (tertiary alicyclic amines) is 1. The number of methoxy groups -OCH3 is 2. The maximum absolute atomic E-state index is 12.3. The van der Waals surface area contributed by atoms with Crippen LogP contribution in [0.25, 0.3) is 0 Å². The maximum atomic E-state index is 12.3. The van der Waals surface area contributed by atoms with Crippen molar-refractivity contribution in [2.24, 2.45) is 5.92 Å². The van der Waals surface area contributed by atoms with Crippen LogP contribution in [0.5, 0.6) is 11.5 Å². The van der Waals surface area contributed by atoms with Crippen LogP contribution in [-0.2, 0) is 17.8 Å². The number of carbonyl (C=O) groups is 1. The van der Waals surface area contributed by atoms with Crippen molar-refractivity contribution in [1.29, 1.82) is 0 Å². The van der Waals surface area contributed by atoms with Crippen molar-refractivity contribution in [3.63, 3.8) is 0 Å². The highest BCUT2D eigenvalue weighted by Gasteiger charge is 2.17. The molecule has 0 spiro atoms. The van der Waals surface area contributed by atoms with Crippen LogP contribution in [0.1, 0.15) is 37.4 Å². The average molecular weight is 404 g/mol.